The quantitative estimate of drug-likeness (QED) is 0.501. The summed E-state index contributed by atoms with van der Waals surface area (Å²) in [6, 6.07) is 7.83. The molecule has 1 aliphatic carbocycles. The van der Waals surface area contributed by atoms with E-state index in [0.717, 1.165) is 25.0 Å². The first-order chi connectivity index (χ1) is 13.5. The molecule has 2 aromatic carbocycles. The van der Waals surface area contributed by atoms with E-state index in [1.807, 2.05) is 0 Å². The zero-order valence-corrected chi connectivity index (χ0v) is 15.8. The molecule has 144 valence electrons. The van der Waals surface area contributed by atoms with E-state index in [1.54, 1.807) is 19.1 Å². The van der Waals surface area contributed by atoms with E-state index >= 15 is 0 Å². The van der Waals surface area contributed by atoms with Gasteiger partial charge in [0.05, 0.1) is 23.4 Å². The van der Waals surface area contributed by atoms with Gasteiger partial charge in [0.1, 0.15) is 5.82 Å². The van der Waals surface area contributed by atoms with E-state index in [0.29, 0.717) is 20.9 Å². The Kier molecular flexibility index (Phi) is 5.02. The number of rotatable bonds is 5. The first-order valence-electron chi connectivity index (χ1n) is 8.91. The van der Waals surface area contributed by atoms with Crippen LogP contribution in [0, 0.1) is 17.5 Å². The van der Waals surface area contributed by atoms with Crippen molar-refractivity contribution in [3.05, 3.63) is 65.1 Å². The molecule has 0 spiro atoms. The molecule has 4 rings (SSSR count). The molecular weight excluding hydrogens is 387 g/mol. The van der Waals surface area contributed by atoms with Crippen molar-refractivity contribution in [3.63, 3.8) is 0 Å². The van der Waals surface area contributed by atoms with E-state index < -0.39 is 17.6 Å². The minimum absolute atomic E-state index is 0.0875. The monoisotopic (exact) mass is 403 g/mol. The molecule has 0 atom stereocenters. The summed E-state index contributed by atoms with van der Waals surface area (Å²) in [5.74, 6) is -2.87. The Hall–Kier alpha value is -2.54. The van der Waals surface area contributed by atoms with E-state index in [4.69, 9.17) is 4.74 Å². The Bertz CT molecular complexity index is 1070. The van der Waals surface area contributed by atoms with Gasteiger partial charge >= 0.3 is 5.97 Å². The normalized spacial score (nSPS) is 13.7. The lowest BCUT2D eigenvalue weighted by atomic mass is 10.1. The third-order valence-electron chi connectivity index (χ3n) is 4.48. The molecule has 0 amide bonds. The van der Waals surface area contributed by atoms with E-state index in [2.05, 4.69) is 4.98 Å². The molecular formula is C21H16F3NO2S. The summed E-state index contributed by atoms with van der Waals surface area (Å²) >= 11 is 1.18. The highest BCUT2D eigenvalue weighted by Gasteiger charge is 2.33. The van der Waals surface area contributed by atoms with Crippen molar-refractivity contribution in [1.82, 2.24) is 4.98 Å². The standard InChI is InChI=1S/C21H16F3NO2S/c1-2-27-21(26)18-19(11-3-4-11)25-17-10-16(24)15(23)9-14(17)20(18)28-13-7-5-12(22)6-8-13/h5-11H,2-4H2,1H3. The van der Waals surface area contributed by atoms with Crippen molar-refractivity contribution < 1.29 is 22.7 Å². The zero-order valence-electron chi connectivity index (χ0n) is 15.0. The average molecular weight is 403 g/mol. The molecule has 1 aromatic heterocycles. The van der Waals surface area contributed by atoms with Crippen molar-refractivity contribution in [3.8, 4) is 0 Å². The molecule has 0 bridgehead atoms. The molecule has 7 heteroatoms. The fourth-order valence-corrected chi connectivity index (χ4v) is 4.10. The van der Waals surface area contributed by atoms with E-state index in [1.165, 1.54) is 23.9 Å². The minimum atomic E-state index is -1.02. The van der Waals surface area contributed by atoms with Crippen LogP contribution in [-0.4, -0.2) is 17.6 Å². The summed E-state index contributed by atoms with van der Waals surface area (Å²) in [4.78, 5) is 18.3. The van der Waals surface area contributed by atoms with Crippen molar-refractivity contribution >= 4 is 28.6 Å². The molecule has 0 unspecified atom stereocenters. The minimum Gasteiger partial charge on any atom is -0.462 e. The highest BCUT2D eigenvalue weighted by atomic mass is 32.2. The first-order valence-corrected chi connectivity index (χ1v) is 9.72. The molecule has 0 saturated heterocycles. The molecule has 28 heavy (non-hydrogen) atoms. The number of carbonyl (C=O) groups excluding carboxylic acids is 1. The molecule has 3 nitrogen and oxygen atoms in total. The van der Waals surface area contributed by atoms with Gasteiger partial charge in [-0.1, -0.05) is 11.8 Å². The van der Waals surface area contributed by atoms with Crippen molar-refractivity contribution in [2.45, 2.75) is 35.5 Å². The Labute approximate surface area is 163 Å². The van der Waals surface area contributed by atoms with Crippen LogP contribution >= 0.6 is 11.8 Å². The second kappa shape index (κ2) is 7.47. The topological polar surface area (TPSA) is 39.2 Å². The molecule has 1 saturated carbocycles. The number of hydrogen-bond donors (Lipinski definition) is 0. The van der Waals surface area contributed by atoms with Crippen LogP contribution in [0.2, 0.25) is 0 Å². The van der Waals surface area contributed by atoms with Gasteiger partial charge in [0.25, 0.3) is 0 Å². The number of ether oxygens (including phenoxy) is 1. The molecule has 1 aliphatic rings. The van der Waals surface area contributed by atoms with Crippen LogP contribution in [-0.2, 0) is 4.74 Å². The third-order valence-corrected chi connectivity index (χ3v) is 5.62. The maximum absolute atomic E-state index is 14.0. The lowest BCUT2D eigenvalue weighted by Gasteiger charge is -2.16. The van der Waals surface area contributed by atoms with Gasteiger partial charge in [-0.2, -0.15) is 0 Å². The summed E-state index contributed by atoms with van der Waals surface area (Å²) in [5.41, 5.74) is 1.09. The van der Waals surface area contributed by atoms with Crippen LogP contribution in [0.15, 0.2) is 46.2 Å². The summed E-state index contributed by atoms with van der Waals surface area (Å²) < 4.78 is 46.3. The first kappa shape index (κ1) is 18.8. The van der Waals surface area contributed by atoms with Crippen LogP contribution in [0.5, 0.6) is 0 Å². The van der Waals surface area contributed by atoms with Gasteiger partial charge in [-0.05, 0) is 50.1 Å². The molecule has 3 aromatic rings. The summed E-state index contributed by atoms with van der Waals surface area (Å²) in [6.45, 7) is 1.88. The fraction of sp³-hybridized carbons (Fsp3) is 0.238. The van der Waals surface area contributed by atoms with Gasteiger partial charge in [-0.15, -0.1) is 0 Å². The second-order valence-corrected chi connectivity index (χ2v) is 7.62. The lowest BCUT2D eigenvalue weighted by Crippen LogP contribution is -2.12. The Balaban J connectivity index is 1.98. The SMILES string of the molecule is CCOC(=O)c1c(C2CC2)nc2cc(F)c(F)cc2c1Sc1ccc(F)cc1. The van der Waals surface area contributed by atoms with Gasteiger partial charge in [0.15, 0.2) is 11.6 Å². The van der Waals surface area contributed by atoms with Crippen LogP contribution in [0.1, 0.15) is 41.7 Å². The molecule has 0 radical (unpaired) electrons. The highest BCUT2D eigenvalue weighted by Crippen LogP contribution is 2.46. The molecule has 0 N–H and O–H groups in total. The van der Waals surface area contributed by atoms with E-state index in [9.17, 15) is 18.0 Å². The number of aromatic nitrogens is 1. The molecule has 0 aliphatic heterocycles. The van der Waals surface area contributed by atoms with Gasteiger partial charge in [0.2, 0.25) is 0 Å². The predicted molar refractivity (Wildman–Crippen MR) is 100 cm³/mol. The predicted octanol–water partition coefficient (Wildman–Crippen LogP) is 5.86. The number of carbonyl (C=O) groups is 1. The van der Waals surface area contributed by atoms with Crippen LogP contribution in [0.4, 0.5) is 13.2 Å². The molecule has 1 heterocycles. The average Bonchev–Trinajstić information content (AvgIpc) is 3.50. The van der Waals surface area contributed by atoms with Crippen molar-refractivity contribution in [1.29, 1.82) is 0 Å². The lowest BCUT2D eigenvalue weighted by molar-refractivity contribution is 0.0520. The summed E-state index contributed by atoms with van der Waals surface area (Å²) in [6.07, 6.45) is 1.74. The second-order valence-electron chi connectivity index (χ2n) is 6.54. The van der Waals surface area contributed by atoms with Crippen molar-refractivity contribution in [2.75, 3.05) is 6.61 Å². The smallest absolute Gasteiger partial charge is 0.341 e. The number of esters is 1. The van der Waals surface area contributed by atoms with Crippen LogP contribution < -0.4 is 0 Å². The van der Waals surface area contributed by atoms with Crippen LogP contribution in [0.25, 0.3) is 10.9 Å². The zero-order chi connectivity index (χ0) is 19.8. The Morgan fingerprint density at radius 2 is 1.82 bits per heavy atom. The van der Waals surface area contributed by atoms with Gasteiger partial charge < -0.3 is 4.74 Å². The number of nitrogens with zero attached hydrogens (tertiary/aromatic N) is 1. The van der Waals surface area contributed by atoms with Crippen LogP contribution in [0.3, 0.4) is 0 Å². The van der Waals surface area contributed by atoms with Gasteiger partial charge in [-0.3, -0.25) is 4.98 Å². The maximum atomic E-state index is 14.0. The largest absolute Gasteiger partial charge is 0.462 e. The summed E-state index contributed by atoms with van der Waals surface area (Å²) in [5, 5.41) is 0.320. The van der Waals surface area contributed by atoms with Crippen molar-refractivity contribution in [2.24, 2.45) is 0 Å². The Morgan fingerprint density at radius 3 is 2.46 bits per heavy atom. The number of halogens is 3. The highest BCUT2D eigenvalue weighted by molar-refractivity contribution is 7.99. The molecule has 1 fully saturated rings. The third kappa shape index (κ3) is 3.58. The number of hydrogen-bond acceptors (Lipinski definition) is 4. The van der Waals surface area contributed by atoms with Gasteiger partial charge in [0, 0.05) is 27.2 Å². The number of benzene rings is 2. The fourth-order valence-electron chi connectivity index (χ4n) is 3.03. The van der Waals surface area contributed by atoms with E-state index in [-0.39, 0.29) is 29.4 Å². The number of fused-ring (bicyclic) bond motifs is 1. The van der Waals surface area contributed by atoms with Gasteiger partial charge in [-0.25, -0.2) is 18.0 Å². The number of pyridine rings is 1. The summed E-state index contributed by atoms with van der Waals surface area (Å²) in [7, 11) is 0. The Morgan fingerprint density at radius 1 is 1.14 bits per heavy atom. The maximum Gasteiger partial charge on any atom is 0.341 e.